The third-order valence-corrected chi connectivity index (χ3v) is 4.95. The van der Waals surface area contributed by atoms with E-state index in [1.165, 1.54) is 17.0 Å². The van der Waals surface area contributed by atoms with Crippen LogP contribution in [0.3, 0.4) is 0 Å². The summed E-state index contributed by atoms with van der Waals surface area (Å²) in [6.07, 6.45) is 3.35. The van der Waals surface area contributed by atoms with Crippen LogP contribution >= 0.6 is 0 Å². The fourth-order valence-corrected chi connectivity index (χ4v) is 3.49. The average molecular weight is 390 g/mol. The van der Waals surface area contributed by atoms with E-state index in [0.29, 0.717) is 22.6 Å². The van der Waals surface area contributed by atoms with Gasteiger partial charge in [-0.3, -0.25) is 14.5 Å². The SMILES string of the molecule is C=C1c2ccccc2C(=O)N1CC(=O)NC(c1cccc(F)c1)c1nccn1C. The number of aryl methyl sites for hydroxylation is 1. The average Bonchev–Trinajstić information content (AvgIpc) is 3.23. The van der Waals surface area contributed by atoms with Gasteiger partial charge in [-0.15, -0.1) is 0 Å². The Bertz CT molecular complexity index is 1090. The van der Waals surface area contributed by atoms with E-state index in [0.717, 1.165) is 5.56 Å². The molecule has 1 unspecified atom stereocenters. The molecule has 0 saturated heterocycles. The molecule has 2 amide bonds. The Morgan fingerprint density at radius 2 is 1.97 bits per heavy atom. The summed E-state index contributed by atoms with van der Waals surface area (Å²) in [6.45, 7) is 3.76. The minimum Gasteiger partial charge on any atom is -0.341 e. The Labute approximate surface area is 167 Å². The largest absolute Gasteiger partial charge is 0.341 e. The van der Waals surface area contributed by atoms with Crippen LogP contribution in [0.1, 0.15) is 33.4 Å². The number of amides is 2. The number of benzene rings is 2. The number of nitrogens with zero attached hydrogens (tertiary/aromatic N) is 3. The van der Waals surface area contributed by atoms with Crippen molar-refractivity contribution < 1.29 is 14.0 Å². The summed E-state index contributed by atoms with van der Waals surface area (Å²) in [7, 11) is 1.79. The molecular weight excluding hydrogens is 371 g/mol. The standard InChI is InChI=1S/C22H19FN4O2/c1-14-17-8-3-4-9-18(17)22(29)27(14)13-19(28)25-20(21-24-10-11-26(21)2)15-6-5-7-16(23)12-15/h3-12,20H,1,13H2,2H3,(H,25,28). The van der Waals surface area contributed by atoms with Gasteiger partial charge in [0.05, 0.1) is 0 Å². The molecule has 0 aliphatic carbocycles. The van der Waals surface area contributed by atoms with Gasteiger partial charge in [-0.05, 0) is 23.8 Å². The highest BCUT2D eigenvalue weighted by molar-refractivity contribution is 6.10. The van der Waals surface area contributed by atoms with Crippen LogP contribution in [0.25, 0.3) is 5.70 Å². The van der Waals surface area contributed by atoms with Gasteiger partial charge in [0.25, 0.3) is 5.91 Å². The molecule has 1 aliphatic rings. The number of nitrogens with one attached hydrogen (secondary N) is 1. The number of carbonyl (C=O) groups is 2. The predicted octanol–water partition coefficient (Wildman–Crippen LogP) is 2.89. The van der Waals surface area contributed by atoms with Crippen molar-refractivity contribution in [2.45, 2.75) is 6.04 Å². The summed E-state index contributed by atoms with van der Waals surface area (Å²) in [5.41, 5.74) is 2.29. The molecule has 2 heterocycles. The van der Waals surface area contributed by atoms with Gasteiger partial charge in [0.1, 0.15) is 24.2 Å². The number of hydrogen-bond donors (Lipinski definition) is 1. The van der Waals surface area contributed by atoms with Gasteiger partial charge in [-0.25, -0.2) is 9.37 Å². The van der Waals surface area contributed by atoms with Crippen LogP contribution in [0.15, 0.2) is 67.5 Å². The Morgan fingerprint density at radius 3 is 2.62 bits per heavy atom. The lowest BCUT2D eigenvalue weighted by molar-refractivity contribution is -0.121. The molecule has 2 aromatic carbocycles. The molecule has 1 N–H and O–H groups in total. The fourth-order valence-electron chi connectivity index (χ4n) is 3.49. The van der Waals surface area contributed by atoms with Crippen molar-refractivity contribution in [2.24, 2.45) is 7.05 Å². The van der Waals surface area contributed by atoms with E-state index in [9.17, 15) is 14.0 Å². The molecule has 1 aromatic heterocycles. The van der Waals surface area contributed by atoms with E-state index in [-0.39, 0.29) is 12.5 Å². The maximum absolute atomic E-state index is 13.8. The van der Waals surface area contributed by atoms with Gasteiger partial charge in [-0.1, -0.05) is 36.9 Å². The van der Waals surface area contributed by atoms with Crippen LogP contribution in [-0.2, 0) is 11.8 Å². The molecule has 0 saturated carbocycles. The van der Waals surface area contributed by atoms with E-state index >= 15 is 0 Å². The minimum atomic E-state index is -0.661. The Morgan fingerprint density at radius 1 is 1.21 bits per heavy atom. The third-order valence-electron chi connectivity index (χ3n) is 4.95. The lowest BCUT2D eigenvalue weighted by Crippen LogP contribution is -2.39. The van der Waals surface area contributed by atoms with E-state index in [1.807, 2.05) is 6.07 Å². The van der Waals surface area contributed by atoms with Gasteiger partial charge in [-0.2, -0.15) is 0 Å². The van der Waals surface area contributed by atoms with Crippen LogP contribution < -0.4 is 5.32 Å². The molecule has 0 radical (unpaired) electrons. The first-order chi connectivity index (χ1) is 14.0. The van der Waals surface area contributed by atoms with Crippen molar-refractivity contribution in [2.75, 3.05) is 6.54 Å². The molecule has 7 heteroatoms. The molecule has 29 heavy (non-hydrogen) atoms. The van der Waals surface area contributed by atoms with Crippen LogP contribution in [0.5, 0.6) is 0 Å². The lowest BCUT2D eigenvalue weighted by Gasteiger charge is -2.22. The Hall–Kier alpha value is -3.74. The number of hydrogen-bond acceptors (Lipinski definition) is 3. The number of fused-ring (bicyclic) bond motifs is 1. The maximum atomic E-state index is 13.8. The van der Waals surface area contributed by atoms with Crippen LogP contribution in [0.4, 0.5) is 4.39 Å². The number of aromatic nitrogens is 2. The van der Waals surface area contributed by atoms with Crippen LogP contribution in [0.2, 0.25) is 0 Å². The zero-order valence-corrected chi connectivity index (χ0v) is 15.8. The first-order valence-corrected chi connectivity index (χ1v) is 9.08. The van der Waals surface area contributed by atoms with Gasteiger partial charge >= 0.3 is 0 Å². The quantitative estimate of drug-likeness (QED) is 0.729. The molecule has 6 nitrogen and oxygen atoms in total. The highest BCUT2D eigenvalue weighted by Gasteiger charge is 2.32. The molecule has 1 atom stereocenters. The van der Waals surface area contributed by atoms with Gasteiger partial charge in [0.15, 0.2) is 0 Å². The highest BCUT2D eigenvalue weighted by atomic mass is 19.1. The number of imidazole rings is 1. The van der Waals surface area contributed by atoms with Crippen molar-refractivity contribution in [3.8, 4) is 0 Å². The molecule has 1 aliphatic heterocycles. The summed E-state index contributed by atoms with van der Waals surface area (Å²) in [6, 6.07) is 12.4. The predicted molar refractivity (Wildman–Crippen MR) is 106 cm³/mol. The summed E-state index contributed by atoms with van der Waals surface area (Å²) in [5, 5.41) is 2.87. The molecule has 4 rings (SSSR count). The monoisotopic (exact) mass is 390 g/mol. The van der Waals surface area contributed by atoms with E-state index in [1.54, 1.807) is 54.3 Å². The zero-order chi connectivity index (χ0) is 20.5. The van der Waals surface area contributed by atoms with Crippen LogP contribution in [0, 0.1) is 5.82 Å². The molecule has 0 bridgehead atoms. The number of carbonyl (C=O) groups excluding carboxylic acids is 2. The van der Waals surface area contributed by atoms with E-state index in [4.69, 9.17) is 0 Å². The summed E-state index contributed by atoms with van der Waals surface area (Å²) < 4.78 is 15.5. The van der Waals surface area contributed by atoms with Gasteiger partial charge in [0, 0.05) is 36.3 Å². The third kappa shape index (κ3) is 3.42. The molecular formula is C22H19FN4O2. The smallest absolute Gasteiger partial charge is 0.259 e. The molecule has 0 spiro atoms. The van der Waals surface area contributed by atoms with E-state index in [2.05, 4.69) is 16.9 Å². The van der Waals surface area contributed by atoms with Crippen molar-refractivity contribution >= 4 is 17.5 Å². The van der Waals surface area contributed by atoms with Gasteiger partial charge in [0.2, 0.25) is 5.91 Å². The lowest BCUT2D eigenvalue weighted by atomic mass is 10.1. The molecule has 0 fully saturated rings. The second kappa shape index (κ2) is 7.35. The second-order valence-corrected chi connectivity index (χ2v) is 6.84. The fraction of sp³-hybridized carbons (Fsp3) is 0.136. The minimum absolute atomic E-state index is 0.192. The first-order valence-electron chi connectivity index (χ1n) is 9.08. The van der Waals surface area contributed by atoms with Crippen molar-refractivity contribution in [3.05, 3.63) is 95.8 Å². The summed E-state index contributed by atoms with van der Waals surface area (Å²) in [5.74, 6) is -0.516. The van der Waals surface area contributed by atoms with Crippen molar-refractivity contribution in [1.82, 2.24) is 19.8 Å². The van der Waals surface area contributed by atoms with E-state index < -0.39 is 17.8 Å². The normalized spacial score (nSPS) is 14.1. The topological polar surface area (TPSA) is 67.2 Å². The van der Waals surface area contributed by atoms with Crippen LogP contribution in [-0.4, -0.2) is 32.8 Å². The van der Waals surface area contributed by atoms with Crippen molar-refractivity contribution in [1.29, 1.82) is 0 Å². The zero-order valence-electron chi connectivity index (χ0n) is 15.8. The number of halogens is 1. The van der Waals surface area contributed by atoms with Gasteiger partial charge < -0.3 is 9.88 Å². The maximum Gasteiger partial charge on any atom is 0.259 e. The molecule has 3 aromatic rings. The summed E-state index contributed by atoms with van der Waals surface area (Å²) >= 11 is 0. The molecule has 146 valence electrons. The highest BCUT2D eigenvalue weighted by Crippen LogP contribution is 2.31. The second-order valence-electron chi connectivity index (χ2n) is 6.84. The van der Waals surface area contributed by atoms with Crippen molar-refractivity contribution in [3.63, 3.8) is 0 Å². The Balaban J connectivity index is 1.57. The first kappa shape index (κ1) is 18.6. The summed E-state index contributed by atoms with van der Waals surface area (Å²) in [4.78, 5) is 31.1. The number of rotatable bonds is 5. The Kier molecular flexibility index (Phi) is 4.72.